The lowest BCUT2D eigenvalue weighted by Gasteiger charge is -2.36. The normalized spacial score (nSPS) is 23.9. The molecule has 0 heterocycles. The summed E-state index contributed by atoms with van der Waals surface area (Å²) in [6.45, 7) is 7.70. The van der Waals surface area contributed by atoms with Gasteiger partial charge in [0, 0.05) is 6.08 Å². The van der Waals surface area contributed by atoms with Gasteiger partial charge in [-0.2, -0.15) is 0 Å². The molecule has 0 spiro atoms. The Morgan fingerprint density at radius 2 is 1.87 bits per heavy atom. The van der Waals surface area contributed by atoms with Crippen LogP contribution in [0, 0.1) is 11.8 Å². The van der Waals surface area contributed by atoms with Crippen molar-refractivity contribution >= 4 is 17.9 Å². The van der Waals surface area contributed by atoms with Crippen LogP contribution in [0.4, 0.5) is 0 Å². The molecule has 0 amide bonds. The maximum absolute atomic E-state index is 12.4. The maximum atomic E-state index is 12.4. The molecule has 23 heavy (non-hydrogen) atoms. The monoisotopic (exact) mass is 326 g/mol. The zero-order valence-corrected chi connectivity index (χ0v) is 14.1. The minimum Gasteiger partial charge on any atom is -0.469 e. The fourth-order valence-corrected chi connectivity index (χ4v) is 2.59. The van der Waals surface area contributed by atoms with Crippen LogP contribution in [-0.2, 0) is 28.6 Å². The van der Waals surface area contributed by atoms with Gasteiger partial charge < -0.3 is 14.2 Å². The third-order valence-electron chi connectivity index (χ3n) is 4.09. The predicted octanol–water partition coefficient (Wildman–Crippen LogP) is 2.41. The van der Waals surface area contributed by atoms with Gasteiger partial charge in [0.1, 0.15) is 0 Å². The molecule has 0 aromatic carbocycles. The Labute approximate surface area is 137 Å². The zero-order valence-electron chi connectivity index (χ0n) is 14.1. The lowest BCUT2D eigenvalue weighted by Crippen LogP contribution is -2.48. The molecule has 0 radical (unpaired) electrons. The SMILES string of the molecule is C=CC(=O)OC1(C(=O)OCCC(C)C)CCC(C(=O)OC)CC1. The number of esters is 3. The van der Waals surface area contributed by atoms with Gasteiger partial charge in [-0.3, -0.25) is 4.79 Å². The number of carbonyl (C=O) groups excluding carboxylic acids is 3. The van der Waals surface area contributed by atoms with Crippen molar-refractivity contribution < 1.29 is 28.6 Å². The Balaban J connectivity index is 2.76. The fraction of sp³-hybridized carbons (Fsp3) is 0.706. The molecule has 6 heteroatoms. The summed E-state index contributed by atoms with van der Waals surface area (Å²) in [6, 6.07) is 0. The van der Waals surface area contributed by atoms with Gasteiger partial charge in [0.05, 0.1) is 19.6 Å². The summed E-state index contributed by atoms with van der Waals surface area (Å²) in [5.41, 5.74) is -1.33. The lowest BCUT2D eigenvalue weighted by atomic mass is 9.78. The summed E-state index contributed by atoms with van der Waals surface area (Å²) in [4.78, 5) is 35.7. The van der Waals surface area contributed by atoms with E-state index in [4.69, 9.17) is 14.2 Å². The van der Waals surface area contributed by atoms with Crippen LogP contribution < -0.4 is 0 Å². The van der Waals surface area contributed by atoms with Gasteiger partial charge in [-0.25, -0.2) is 9.59 Å². The van der Waals surface area contributed by atoms with Gasteiger partial charge in [-0.1, -0.05) is 20.4 Å². The van der Waals surface area contributed by atoms with Crippen molar-refractivity contribution in [2.75, 3.05) is 13.7 Å². The number of carbonyl (C=O) groups is 3. The Bertz CT molecular complexity index is 446. The quantitative estimate of drug-likeness (QED) is 0.406. The predicted molar refractivity (Wildman–Crippen MR) is 83.4 cm³/mol. The van der Waals surface area contributed by atoms with Crippen LogP contribution >= 0.6 is 0 Å². The van der Waals surface area contributed by atoms with Crippen LogP contribution in [0.25, 0.3) is 0 Å². The highest BCUT2D eigenvalue weighted by Crippen LogP contribution is 2.37. The van der Waals surface area contributed by atoms with Crippen LogP contribution in [0.15, 0.2) is 12.7 Å². The minimum atomic E-state index is -1.33. The molecule has 1 aliphatic carbocycles. The summed E-state index contributed by atoms with van der Waals surface area (Å²) in [7, 11) is 1.34. The smallest absolute Gasteiger partial charge is 0.350 e. The number of hydrogen-bond donors (Lipinski definition) is 0. The molecule has 0 unspecified atom stereocenters. The molecule has 0 saturated heterocycles. The van der Waals surface area contributed by atoms with Crippen LogP contribution in [-0.4, -0.2) is 37.2 Å². The highest BCUT2D eigenvalue weighted by atomic mass is 16.6. The summed E-state index contributed by atoms with van der Waals surface area (Å²) < 4.78 is 15.4. The fourth-order valence-electron chi connectivity index (χ4n) is 2.59. The zero-order chi connectivity index (χ0) is 17.5. The second kappa shape index (κ2) is 8.70. The molecule has 0 atom stereocenters. The van der Waals surface area contributed by atoms with Crippen LogP contribution in [0.3, 0.4) is 0 Å². The van der Waals surface area contributed by atoms with Gasteiger partial charge in [0.15, 0.2) is 0 Å². The van der Waals surface area contributed by atoms with Crippen LogP contribution in [0.1, 0.15) is 46.0 Å². The van der Waals surface area contributed by atoms with Crippen molar-refractivity contribution in [2.45, 2.75) is 51.6 Å². The Hall–Kier alpha value is -1.85. The van der Waals surface area contributed by atoms with E-state index in [0.717, 1.165) is 12.5 Å². The molecular formula is C17H26O6. The van der Waals surface area contributed by atoms with Gasteiger partial charge in [0.2, 0.25) is 5.60 Å². The van der Waals surface area contributed by atoms with E-state index in [9.17, 15) is 14.4 Å². The van der Waals surface area contributed by atoms with Crippen molar-refractivity contribution in [3.8, 4) is 0 Å². The van der Waals surface area contributed by atoms with E-state index >= 15 is 0 Å². The summed E-state index contributed by atoms with van der Waals surface area (Å²) in [6.07, 6.45) is 3.07. The summed E-state index contributed by atoms with van der Waals surface area (Å²) >= 11 is 0. The number of hydrogen-bond acceptors (Lipinski definition) is 6. The van der Waals surface area contributed by atoms with E-state index in [1.54, 1.807) is 0 Å². The lowest BCUT2D eigenvalue weighted by molar-refractivity contribution is -0.186. The first-order valence-corrected chi connectivity index (χ1v) is 7.95. The number of rotatable bonds is 7. The minimum absolute atomic E-state index is 0.243. The van der Waals surface area contributed by atoms with E-state index in [1.165, 1.54) is 7.11 Å². The van der Waals surface area contributed by atoms with Gasteiger partial charge in [-0.15, -0.1) is 0 Å². The van der Waals surface area contributed by atoms with Crippen molar-refractivity contribution in [2.24, 2.45) is 11.8 Å². The Kier molecular flexibility index (Phi) is 7.26. The van der Waals surface area contributed by atoms with Crippen molar-refractivity contribution in [1.29, 1.82) is 0 Å². The second-order valence-corrected chi connectivity index (χ2v) is 6.24. The largest absolute Gasteiger partial charge is 0.469 e. The number of methoxy groups -OCH3 is 1. The van der Waals surface area contributed by atoms with Crippen LogP contribution in [0.2, 0.25) is 0 Å². The molecule has 0 N–H and O–H groups in total. The first kappa shape index (κ1) is 19.2. The molecule has 1 fully saturated rings. The summed E-state index contributed by atoms with van der Waals surface area (Å²) in [5, 5.41) is 0. The van der Waals surface area contributed by atoms with Gasteiger partial charge in [-0.05, 0) is 38.0 Å². The Morgan fingerprint density at radius 1 is 1.26 bits per heavy atom. The average molecular weight is 326 g/mol. The molecule has 0 bridgehead atoms. The van der Waals surface area contributed by atoms with E-state index in [-0.39, 0.29) is 31.3 Å². The molecule has 1 saturated carbocycles. The molecule has 1 rings (SSSR count). The second-order valence-electron chi connectivity index (χ2n) is 6.24. The van der Waals surface area contributed by atoms with E-state index in [2.05, 4.69) is 6.58 Å². The van der Waals surface area contributed by atoms with Crippen molar-refractivity contribution in [3.63, 3.8) is 0 Å². The standard InChI is InChI=1S/C17H26O6/c1-5-14(18)23-17(16(20)22-11-8-12(2)3)9-6-13(7-10-17)15(19)21-4/h5,12-13H,1,6-11H2,2-4H3. The first-order chi connectivity index (χ1) is 10.8. The molecule has 0 aromatic heterocycles. The molecular weight excluding hydrogens is 300 g/mol. The number of ether oxygens (including phenoxy) is 3. The van der Waals surface area contributed by atoms with Gasteiger partial charge in [0.25, 0.3) is 0 Å². The van der Waals surface area contributed by atoms with E-state index in [1.807, 2.05) is 13.8 Å². The third-order valence-corrected chi connectivity index (χ3v) is 4.09. The maximum Gasteiger partial charge on any atom is 0.350 e. The highest BCUT2D eigenvalue weighted by molar-refractivity contribution is 5.88. The molecule has 6 nitrogen and oxygen atoms in total. The van der Waals surface area contributed by atoms with Crippen LogP contribution in [0.5, 0.6) is 0 Å². The molecule has 0 aliphatic heterocycles. The van der Waals surface area contributed by atoms with Crippen molar-refractivity contribution in [1.82, 2.24) is 0 Å². The first-order valence-electron chi connectivity index (χ1n) is 7.95. The average Bonchev–Trinajstić information content (AvgIpc) is 2.54. The molecule has 0 aromatic rings. The van der Waals surface area contributed by atoms with Crippen molar-refractivity contribution in [3.05, 3.63) is 12.7 Å². The topological polar surface area (TPSA) is 78.9 Å². The Morgan fingerprint density at radius 3 is 2.35 bits per heavy atom. The van der Waals surface area contributed by atoms with E-state index < -0.39 is 17.5 Å². The third kappa shape index (κ3) is 5.37. The van der Waals surface area contributed by atoms with E-state index in [0.29, 0.717) is 18.8 Å². The highest BCUT2D eigenvalue weighted by Gasteiger charge is 2.48. The molecule has 130 valence electrons. The molecule has 1 aliphatic rings. The van der Waals surface area contributed by atoms with Gasteiger partial charge >= 0.3 is 17.9 Å². The summed E-state index contributed by atoms with van der Waals surface area (Å²) in [5.74, 6) is -1.38.